The van der Waals surface area contributed by atoms with Crippen molar-refractivity contribution in [3.8, 4) is 44.7 Å². The first-order valence-corrected chi connectivity index (χ1v) is 27.1. The highest BCUT2D eigenvalue weighted by atomic mass is 35.5. The molecule has 1 saturated carbocycles. The number of rotatable bonds is 14. The third kappa shape index (κ3) is 12.6. The lowest BCUT2D eigenvalue weighted by Crippen LogP contribution is -2.49. The summed E-state index contributed by atoms with van der Waals surface area (Å²) in [6.45, 7) is 11.2. The van der Waals surface area contributed by atoms with Crippen LogP contribution in [0.3, 0.4) is 0 Å². The van der Waals surface area contributed by atoms with Crippen LogP contribution in [0.15, 0.2) is 61.1 Å². The summed E-state index contributed by atoms with van der Waals surface area (Å²) in [6.07, 6.45) is 4.62. The number of carboxylic acid groups (broad SMARTS) is 1. The molecule has 3 atom stereocenters. The molecule has 3 fully saturated rings. The molecule has 0 spiro atoms. The summed E-state index contributed by atoms with van der Waals surface area (Å²) in [5.74, 6) is 0.530. The summed E-state index contributed by atoms with van der Waals surface area (Å²) >= 11 is 16.0. The number of carboxylic acids is 1. The number of carbonyl (C=O) groups is 1. The van der Waals surface area contributed by atoms with Gasteiger partial charge in [0.05, 0.1) is 66.9 Å². The first-order valence-electron chi connectivity index (χ1n) is 25.5. The highest BCUT2D eigenvalue weighted by molar-refractivity contribution is 7.22. The quantitative estimate of drug-likeness (QED) is 0.102. The van der Waals surface area contributed by atoms with Crippen molar-refractivity contribution in [1.29, 1.82) is 0 Å². The number of aliphatic carboxylic acids is 1. The van der Waals surface area contributed by atoms with E-state index in [0.29, 0.717) is 128 Å². The fourth-order valence-electron chi connectivity index (χ4n) is 10.2. The molecule has 4 bridgehead atoms. The first kappa shape index (κ1) is 53.1. The Kier molecular flexibility index (Phi) is 17.3. The molecule has 75 heavy (non-hydrogen) atoms. The van der Waals surface area contributed by atoms with Crippen LogP contribution in [-0.2, 0) is 36.8 Å². The van der Waals surface area contributed by atoms with Gasteiger partial charge in [0.1, 0.15) is 59.7 Å². The predicted octanol–water partition coefficient (Wildman–Crippen LogP) is 9.39. The van der Waals surface area contributed by atoms with Crippen molar-refractivity contribution in [2.45, 2.75) is 82.9 Å². The number of nitrogens with zero attached hydrogens (tertiary/aromatic N) is 6. The molecule has 7 heterocycles. The van der Waals surface area contributed by atoms with Crippen molar-refractivity contribution in [3.63, 3.8) is 0 Å². The molecule has 4 aliphatic heterocycles. The van der Waals surface area contributed by atoms with Gasteiger partial charge < -0.3 is 47.9 Å². The lowest BCUT2D eigenvalue weighted by Gasteiger charge is -2.35. The number of benzene rings is 3. The predicted molar refractivity (Wildman–Crippen MR) is 282 cm³/mol. The number of fused-ring (bicyclic) bond motifs is 7. The second kappa shape index (κ2) is 24.4. The molecule has 20 heteroatoms. The minimum Gasteiger partial charge on any atom is -0.490 e. The Morgan fingerprint density at radius 2 is 1.68 bits per heavy atom. The van der Waals surface area contributed by atoms with Gasteiger partial charge in [-0.1, -0.05) is 35.3 Å². The van der Waals surface area contributed by atoms with Gasteiger partial charge in [-0.2, -0.15) is 0 Å². The van der Waals surface area contributed by atoms with Crippen molar-refractivity contribution in [1.82, 2.24) is 29.7 Å². The molecular weight excluding hydrogens is 1030 g/mol. The molecule has 16 nitrogen and oxygen atoms in total. The fourth-order valence-corrected chi connectivity index (χ4v) is 11.8. The van der Waals surface area contributed by atoms with Gasteiger partial charge in [-0.25, -0.2) is 29.1 Å². The van der Waals surface area contributed by atoms with Crippen LogP contribution in [0.4, 0.5) is 4.39 Å². The van der Waals surface area contributed by atoms with E-state index in [0.717, 1.165) is 57.7 Å². The summed E-state index contributed by atoms with van der Waals surface area (Å²) in [7, 11) is 2.11. The number of thiophene rings is 1. The maximum absolute atomic E-state index is 14.4. The van der Waals surface area contributed by atoms with Crippen LogP contribution in [0, 0.1) is 19.7 Å². The summed E-state index contributed by atoms with van der Waals surface area (Å²) in [6, 6.07) is 13.3. The topological polar surface area (TPSA) is 169 Å². The molecular formula is C55H61Cl2FN6O10S. The van der Waals surface area contributed by atoms with Crippen LogP contribution in [0.5, 0.6) is 23.1 Å². The van der Waals surface area contributed by atoms with Crippen LogP contribution in [0.25, 0.3) is 31.8 Å². The van der Waals surface area contributed by atoms with E-state index < -0.39 is 24.0 Å². The molecule has 1 aliphatic carbocycles. The third-order valence-corrected chi connectivity index (χ3v) is 16.3. The minimum atomic E-state index is -1.47. The van der Waals surface area contributed by atoms with Gasteiger partial charge in [0.25, 0.3) is 0 Å². The SMILES string of the molecule is Cc1c(Cl)c2c(Cl)c(C)c1-c1c(-c3ccc(F)cc3)sc3ncnc(c13)O[C@@H](C(=O)O)Cc1cc(ccc1OCc1ccnc([C@H]3CC[C@H](OCCOCC4COCCO4)CC3)n1)OC[C@@H](CN1CCN(C)CC1)O2. The van der Waals surface area contributed by atoms with Crippen molar-refractivity contribution < 1.29 is 52.2 Å². The zero-order valence-electron chi connectivity index (χ0n) is 42.2. The maximum atomic E-state index is 14.4. The van der Waals surface area contributed by atoms with E-state index in [1.165, 1.54) is 29.8 Å². The fraction of sp³-hybridized carbons (Fsp3) is 0.473. The van der Waals surface area contributed by atoms with Crippen LogP contribution in [-0.4, -0.2) is 151 Å². The zero-order chi connectivity index (χ0) is 52.0. The van der Waals surface area contributed by atoms with E-state index in [4.69, 9.17) is 66.1 Å². The summed E-state index contributed by atoms with van der Waals surface area (Å²) in [5.41, 5.74) is 4.47. The van der Waals surface area contributed by atoms with E-state index in [2.05, 4.69) is 31.8 Å². The van der Waals surface area contributed by atoms with Crippen molar-refractivity contribution >= 4 is 50.7 Å². The third-order valence-electron chi connectivity index (χ3n) is 14.3. The largest absolute Gasteiger partial charge is 0.490 e. The number of ether oxygens (including phenoxy) is 8. The molecule has 0 amide bonds. The second-order valence-corrected chi connectivity index (χ2v) is 21.3. The lowest BCUT2D eigenvalue weighted by molar-refractivity contribution is -0.145. The van der Waals surface area contributed by atoms with Crippen LogP contribution >= 0.6 is 34.5 Å². The zero-order valence-corrected chi connectivity index (χ0v) is 44.6. The Labute approximate surface area is 449 Å². The average Bonchev–Trinajstić information content (AvgIpc) is 3.81. The molecule has 398 valence electrons. The minimum absolute atomic E-state index is 0.0264. The van der Waals surface area contributed by atoms with E-state index in [-0.39, 0.29) is 43.6 Å². The maximum Gasteiger partial charge on any atom is 0.345 e. The molecule has 1 N–H and O–H groups in total. The Hall–Kier alpha value is -5.28. The normalized spacial score (nSPS) is 21.8. The monoisotopic (exact) mass is 1090 g/mol. The average molecular weight is 1090 g/mol. The molecule has 11 rings (SSSR count). The van der Waals surface area contributed by atoms with Gasteiger partial charge in [-0.3, -0.25) is 4.90 Å². The van der Waals surface area contributed by atoms with Gasteiger partial charge in [0.15, 0.2) is 5.75 Å². The Morgan fingerprint density at radius 3 is 2.43 bits per heavy atom. The molecule has 1 unspecified atom stereocenters. The number of hydrogen-bond acceptors (Lipinski definition) is 16. The van der Waals surface area contributed by atoms with Gasteiger partial charge in [-0.05, 0) is 105 Å². The van der Waals surface area contributed by atoms with Crippen molar-refractivity contribution in [2.75, 3.05) is 86.0 Å². The number of aromatic nitrogens is 4. The molecule has 6 aromatic rings. The van der Waals surface area contributed by atoms with Gasteiger partial charge in [0.2, 0.25) is 12.0 Å². The van der Waals surface area contributed by atoms with Gasteiger partial charge in [0, 0.05) is 67.3 Å². The molecule has 3 aromatic carbocycles. The Bertz CT molecular complexity index is 2920. The number of hydrogen-bond donors (Lipinski definition) is 1. The van der Waals surface area contributed by atoms with E-state index >= 15 is 0 Å². The highest BCUT2D eigenvalue weighted by Crippen LogP contribution is 2.53. The highest BCUT2D eigenvalue weighted by Gasteiger charge is 2.33. The second-order valence-electron chi connectivity index (χ2n) is 19.5. The summed E-state index contributed by atoms with van der Waals surface area (Å²) in [4.78, 5) is 38.1. The van der Waals surface area contributed by atoms with Crippen LogP contribution < -0.4 is 18.9 Å². The molecule has 0 radical (unpaired) electrons. The summed E-state index contributed by atoms with van der Waals surface area (Å²) < 4.78 is 63.9. The van der Waals surface area contributed by atoms with E-state index in [9.17, 15) is 14.3 Å². The molecule has 5 aliphatic rings. The summed E-state index contributed by atoms with van der Waals surface area (Å²) in [5, 5.41) is 12.0. The number of likely N-dealkylation sites (N-methyl/N-ethyl adjacent to an activating group) is 1. The lowest BCUT2D eigenvalue weighted by atomic mass is 9.87. The standard InChI is InChI=1S/C55H61Cl2FN6O10S/c1-32-45-33(2)49(57)50(48(32)56)73-41(26-64-18-16-63(3)17-19-64)30-71-40-12-13-43(72-27-38-14-15-59-52(62-38)35-6-10-39(11-7-35)69-22-20-67-28-42-29-68-21-23-70-42)36(24-40)25-44(55(65)66)74-53-47-46(45)51(75-54(47)61-31-60-53)34-4-8-37(58)9-5-34/h4-5,8-9,12-15,24,31,35,39,41-42,44H,6-7,10-11,16-23,25-30H2,1-3H3,(H,65,66)/t35-,39-,41-,42?,44-/m1/s1. The Balaban J connectivity index is 0.935. The first-order chi connectivity index (χ1) is 36.4. The van der Waals surface area contributed by atoms with Crippen molar-refractivity contribution in [3.05, 3.63) is 105 Å². The van der Waals surface area contributed by atoms with Crippen molar-refractivity contribution in [2.24, 2.45) is 0 Å². The van der Waals surface area contributed by atoms with Gasteiger partial charge in [-0.15, -0.1) is 11.3 Å². The smallest absolute Gasteiger partial charge is 0.345 e. The molecule has 3 aromatic heterocycles. The van der Waals surface area contributed by atoms with E-state index in [1.807, 2.05) is 19.9 Å². The number of piperazine rings is 1. The van der Waals surface area contributed by atoms with Crippen LogP contribution in [0.2, 0.25) is 10.0 Å². The Morgan fingerprint density at radius 1 is 0.893 bits per heavy atom. The molecule has 2 saturated heterocycles. The number of halogens is 3. The van der Waals surface area contributed by atoms with Gasteiger partial charge >= 0.3 is 5.97 Å². The van der Waals surface area contributed by atoms with Crippen LogP contribution in [0.1, 0.15) is 59.8 Å². The van der Waals surface area contributed by atoms with E-state index in [1.54, 1.807) is 36.5 Å².